The predicted octanol–water partition coefficient (Wildman–Crippen LogP) is 3.63. The number of pyridine rings is 1. The SMILES string of the molecule is COc1cc(C2(O)CC3CCCC(C2)N3C(=O)OCc2ccccc2)ccn1. The van der Waals surface area contributed by atoms with Gasteiger partial charge in [-0.05, 0) is 36.5 Å². The molecule has 2 fully saturated rings. The summed E-state index contributed by atoms with van der Waals surface area (Å²) in [4.78, 5) is 18.8. The zero-order chi connectivity index (χ0) is 19.6. The average Bonchev–Trinajstić information content (AvgIpc) is 2.72. The van der Waals surface area contributed by atoms with E-state index >= 15 is 0 Å². The summed E-state index contributed by atoms with van der Waals surface area (Å²) in [5, 5.41) is 11.4. The second kappa shape index (κ2) is 7.80. The maximum absolute atomic E-state index is 12.8. The summed E-state index contributed by atoms with van der Waals surface area (Å²) in [6, 6.07) is 13.3. The van der Waals surface area contributed by atoms with Crippen molar-refractivity contribution in [3.8, 4) is 5.88 Å². The number of benzene rings is 1. The highest BCUT2D eigenvalue weighted by Gasteiger charge is 2.48. The molecule has 148 valence electrons. The van der Waals surface area contributed by atoms with Crippen LogP contribution >= 0.6 is 0 Å². The molecular formula is C22H26N2O4. The van der Waals surface area contributed by atoms with Crippen LogP contribution in [0.1, 0.15) is 43.2 Å². The summed E-state index contributed by atoms with van der Waals surface area (Å²) in [7, 11) is 1.57. The molecule has 0 spiro atoms. The minimum absolute atomic E-state index is 0.0278. The highest BCUT2D eigenvalue weighted by molar-refractivity contribution is 5.69. The summed E-state index contributed by atoms with van der Waals surface area (Å²) in [6.45, 7) is 0.265. The molecule has 0 aliphatic carbocycles. The van der Waals surface area contributed by atoms with E-state index in [9.17, 15) is 9.90 Å². The molecule has 4 rings (SSSR count). The molecule has 2 aliphatic rings. The van der Waals surface area contributed by atoms with Crippen LogP contribution in [0.5, 0.6) is 5.88 Å². The maximum atomic E-state index is 12.8. The first-order chi connectivity index (χ1) is 13.6. The van der Waals surface area contributed by atoms with E-state index in [0.717, 1.165) is 30.4 Å². The van der Waals surface area contributed by atoms with Crippen LogP contribution in [0.3, 0.4) is 0 Å². The van der Waals surface area contributed by atoms with Crippen LogP contribution in [0, 0.1) is 0 Å². The van der Waals surface area contributed by atoms with Crippen molar-refractivity contribution in [2.45, 2.75) is 56.4 Å². The van der Waals surface area contributed by atoms with Crippen molar-refractivity contribution in [2.24, 2.45) is 0 Å². The van der Waals surface area contributed by atoms with Gasteiger partial charge in [0.15, 0.2) is 0 Å². The molecule has 1 N–H and O–H groups in total. The Morgan fingerprint density at radius 3 is 2.61 bits per heavy atom. The van der Waals surface area contributed by atoms with Crippen LogP contribution in [0.4, 0.5) is 4.79 Å². The third-order valence-corrected chi connectivity index (χ3v) is 5.91. The molecular weight excluding hydrogens is 356 g/mol. The standard InChI is InChI=1S/C22H26N2O4/c1-27-20-12-17(10-11-23-20)22(26)13-18-8-5-9-19(14-22)24(18)21(25)28-15-16-6-3-2-4-7-16/h2-4,6-7,10-12,18-19,26H,5,8-9,13-15H2,1H3. The van der Waals surface area contributed by atoms with Gasteiger partial charge in [0.05, 0.1) is 12.7 Å². The number of amides is 1. The van der Waals surface area contributed by atoms with E-state index in [-0.39, 0.29) is 24.8 Å². The first-order valence-electron chi connectivity index (χ1n) is 9.81. The third kappa shape index (κ3) is 3.69. The van der Waals surface area contributed by atoms with Crippen molar-refractivity contribution in [1.29, 1.82) is 0 Å². The fourth-order valence-electron chi connectivity index (χ4n) is 4.57. The smallest absolute Gasteiger partial charge is 0.410 e. The van der Waals surface area contributed by atoms with Crippen molar-refractivity contribution >= 4 is 6.09 Å². The second-order valence-electron chi connectivity index (χ2n) is 7.71. The fraction of sp³-hybridized carbons (Fsp3) is 0.455. The third-order valence-electron chi connectivity index (χ3n) is 5.91. The number of fused-ring (bicyclic) bond motifs is 2. The van der Waals surface area contributed by atoms with Gasteiger partial charge in [0.25, 0.3) is 0 Å². The molecule has 2 atom stereocenters. The molecule has 0 saturated carbocycles. The summed E-state index contributed by atoms with van der Waals surface area (Å²) in [6.07, 6.45) is 5.18. The van der Waals surface area contributed by atoms with E-state index in [0.29, 0.717) is 18.7 Å². The molecule has 6 heteroatoms. The lowest BCUT2D eigenvalue weighted by atomic mass is 9.73. The Labute approximate surface area is 165 Å². The quantitative estimate of drug-likeness (QED) is 0.874. The number of carbonyl (C=O) groups is 1. The lowest BCUT2D eigenvalue weighted by Gasteiger charge is -2.51. The van der Waals surface area contributed by atoms with E-state index in [1.165, 1.54) is 0 Å². The van der Waals surface area contributed by atoms with Crippen molar-refractivity contribution in [3.05, 3.63) is 59.8 Å². The minimum atomic E-state index is -0.984. The van der Waals surface area contributed by atoms with E-state index in [1.54, 1.807) is 19.4 Å². The van der Waals surface area contributed by atoms with Crippen molar-refractivity contribution in [1.82, 2.24) is 9.88 Å². The molecule has 28 heavy (non-hydrogen) atoms. The first kappa shape index (κ1) is 18.7. The van der Waals surface area contributed by atoms with E-state index in [4.69, 9.17) is 9.47 Å². The highest BCUT2D eigenvalue weighted by atomic mass is 16.6. The lowest BCUT2D eigenvalue weighted by Crippen LogP contribution is -2.58. The monoisotopic (exact) mass is 382 g/mol. The van der Waals surface area contributed by atoms with Crippen LogP contribution in [0.2, 0.25) is 0 Å². The maximum Gasteiger partial charge on any atom is 0.410 e. The summed E-state index contributed by atoms with van der Waals surface area (Å²) >= 11 is 0. The molecule has 2 bridgehead atoms. The van der Waals surface area contributed by atoms with Crippen LogP contribution in [-0.2, 0) is 16.9 Å². The number of aliphatic hydroxyl groups is 1. The zero-order valence-electron chi connectivity index (χ0n) is 16.1. The van der Waals surface area contributed by atoms with Crippen LogP contribution < -0.4 is 4.74 Å². The van der Waals surface area contributed by atoms with E-state index in [2.05, 4.69) is 4.98 Å². The second-order valence-corrected chi connectivity index (χ2v) is 7.71. The highest BCUT2D eigenvalue weighted by Crippen LogP contribution is 2.44. The van der Waals surface area contributed by atoms with Gasteiger partial charge in [0.2, 0.25) is 5.88 Å². The molecule has 0 radical (unpaired) electrons. The average molecular weight is 382 g/mol. The Hall–Kier alpha value is -2.60. The van der Waals surface area contributed by atoms with Crippen LogP contribution in [-0.4, -0.2) is 40.3 Å². The van der Waals surface area contributed by atoms with Crippen LogP contribution in [0.25, 0.3) is 0 Å². The Morgan fingerprint density at radius 2 is 1.93 bits per heavy atom. The van der Waals surface area contributed by atoms with E-state index < -0.39 is 5.60 Å². The molecule has 3 heterocycles. The lowest BCUT2D eigenvalue weighted by molar-refractivity contribution is -0.0897. The van der Waals surface area contributed by atoms with Gasteiger partial charge in [-0.25, -0.2) is 9.78 Å². The van der Waals surface area contributed by atoms with Gasteiger partial charge >= 0.3 is 6.09 Å². The molecule has 2 aromatic rings. The number of hydrogen-bond donors (Lipinski definition) is 1. The summed E-state index contributed by atoms with van der Waals surface area (Å²) in [5.74, 6) is 0.487. The molecule has 2 aliphatic heterocycles. The molecule has 1 aromatic carbocycles. The predicted molar refractivity (Wildman–Crippen MR) is 104 cm³/mol. The van der Waals surface area contributed by atoms with E-state index in [1.807, 2.05) is 41.3 Å². The molecule has 6 nitrogen and oxygen atoms in total. The van der Waals surface area contributed by atoms with Gasteiger partial charge in [-0.15, -0.1) is 0 Å². The number of carbonyl (C=O) groups excluding carboxylic acids is 1. The van der Waals surface area contributed by atoms with Gasteiger partial charge in [-0.3, -0.25) is 0 Å². The molecule has 2 unspecified atom stereocenters. The molecule has 2 saturated heterocycles. The molecule has 1 amide bonds. The van der Waals surface area contributed by atoms with Crippen molar-refractivity contribution in [2.75, 3.05) is 7.11 Å². The Kier molecular flexibility index (Phi) is 5.22. The largest absolute Gasteiger partial charge is 0.481 e. The Balaban J connectivity index is 1.49. The van der Waals surface area contributed by atoms with Gasteiger partial charge in [0.1, 0.15) is 6.61 Å². The number of aromatic nitrogens is 1. The van der Waals surface area contributed by atoms with Gasteiger partial charge in [0, 0.05) is 37.2 Å². The Morgan fingerprint density at radius 1 is 1.21 bits per heavy atom. The molecule has 1 aromatic heterocycles. The zero-order valence-corrected chi connectivity index (χ0v) is 16.1. The van der Waals surface area contributed by atoms with Gasteiger partial charge in [-0.1, -0.05) is 30.3 Å². The topological polar surface area (TPSA) is 71.9 Å². The normalized spacial score (nSPS) is 26.6. The van der Waals surface area contributed by atoms with Gasteiger partial charge in [-0.2, -0.15) is 0 Å². The van der Waals surface area contributed by atoms with Crippen molar-refractivity contribution < 1.29 is 19.4 Å². The summed E-state index contributed by atoms with van der Waals surface area (Å²) < 4.78 is 10.8. The van der Waals surface area contributed by atoms with Crippen LogP contribution in [0.15, 0.2) is 48.7 Å². The number of methoxy groups -OCH3 is 1. The number of hydrogen-bond acceptors (Lipinski definition) is 5. The number of piperidine rings is 2. The number of ether oxygens (including phenoxy) is 2. The number of rotatable bonds is 4. The fourth-order valence-corrected chi connectivity index (χ4v) is 4.57. The first-order valence-corrected chi connectivity index (χ1v) is 9.81. The number of nitrogens with zero attached hydrogens (tertiary/aromatic N) is 2. The Bertz CT molecular complexity index is 812. The van der Waals surface area contributed by atoms with Gasteiger partial charge < -0.3 is 19.5 Å². The summed E-state index contributed by atoms with van der Waals surface area (Å²) in [5.41, 5.74) is 0.786. The minimum Gasteiger partial charge on any atom is -0.481 e. The van der Waals surface area contributed by atoms with Crippen molar-refractivity contribution in [3.63, 3.8) is 0 Å².